The van der Waals surface area contributed by atoms with Gasteiger partial charge in [-0.1, -0.05) is 60.7 Å². The molecule has 0 amide bonds. The Morgan fingerprint density at radius 2 is 1.55 bits per heavy atom. The largest absolute Gasteiger partial charge is 0.362 e. The van der Waals surface area contributed by atoms with E-state index in [-0.39, 0.29) is 11.6 Å². The average Bonchev–Trinajstić information content (AvgIpc) is 2.77. The van der Waals surface area contributed by atoms with Gasteiger partial charge in [-0.3, -0.25) is 9.36 Å². The number of rotatable bonds is 5. The Morgan fingerprint density at radius 3 is 2.10 bits per heavy atom. The molecule has 0 unspecified atom stereocenters. The molecule has 5 heteroatoms. The van der Waals surface area contributed by atoms with E-state index in [1.807, 2.05) is 97.7 Å². The van der Waals surface area contributed by atoms with Gasteiger partial charge >= 0.3 is 0 Å². The maximum absolute atomic E-state index is 13.7. The number of hydrogen-bond donors (Lipinski definition) is 1. The summed E-state index contributed by atoms with van der Waals surface area (Å²) < 4.78 is 1.79. The SMILES string of the molecule is Cc1nc2ccc(N(C)CN)cc2c(=O)n1C(c1ccccc1)c1ccccc1. The summed E-state index contributed by atoms with van der Waals surface area (Å²) in [4.78, 5) is 20.3. The number of nitrogens with two attached hydrogens (primary N) is 1. The van der Waals surface area contributed by atoms with E-state index in [4.69, 9.17) is 10.7 Å². The average molecular weight is 384 g/mol. The molecule has 0 atom stereocenters. The third-order valence-electron chi connectivity index (χ3n) is 5.26. The highest BCUT2D eigenvalue weighted by molar-refractivity contribution is 5.82. The van der Waals surface area contributed by atoms with Crippen molar-refractivity contribution in [3.63, 3.8) is 0 Å². The third kappa shape index (κ3) is 3.52. The van der Waals surface area contributed by atoms with Gasteiger partial charge in [-0.15, -0.1) is 0 Å². The van der Waals surface area contributed by atoms with Crippen LogP contribution in [0.5, 0.6) is 0 Å². The maximum atomic E-state index is 13.7. The van der Waals surface area contributed by atoms with E-state index in [2.05, 4.69) is 0 Å². The minimum atomic E-state index is -0.252. The molecule has 146 valence electrons. The molecule has 0 aliphatic rings. The molecule has 0 fully saturated rings. The standard InChI is InChI=1S/C24H24N4O/c1-17-26-22-14-13-20(27(2)16-25)15-21(22)24(29)28(17)23(18-9-5-3-6-10-18)19-11-7-4-8-12-19/h3-15,23H,16,25H2,1-2H3. The molecular formula is C24H24N4O. The summed E-state index contributed by atoms with van der Waals surface area (Å²) in [7, 11) is 1.90. The van der Waals surface area contributed by atoms with Gasteiger partial charge in [0.15, 0.2) is 0 Å². The molecule has 4 aromatic rings. The molecule has 0 aliphatic heterocycles. The van der Waals surface area contributed by atoms with Crippen LogP contribution >= 0.6 is 0 Å². The van der Waals surface area contributed by atoms with E-state index < -0.39 is 0 Å². The number of hydrogen-bond acceptors (Lipinski definition) is 4. The molecule has 29 heavy (non-hydrogen) atoms. The van der Waals surface area contributed by atoms with Crippen molar-refractivity contribution in [3.8, 4) is 0 Å². The minimum Gasteiger partial charge on any atom is -0.362 e. The van der Waals surface area contributed by atoms with Crippen molar-refractivity contribution >= 4 is 16.6 Å². The first-order valence-electron chi connectivity index (χ1n) is 9.64. The van der Waals surface area contributed by atoms with Crippen LogP contribution in [-0.4, -0.2) is 23.3 Å². The van der Waals surface area contributed by atoms with Crippen molar-refractivity contribution in [2.24, 2.45) is 5.73 Å². The zero-order valence-corrected chi connectivity index (χ0v) is 16.6. The molecule has 5 nitrogen and oxygen atoms in total. The predicted molar refractivity (Wildman–Crippen MR) is 118 cm³/mol. The lowest BCUT2D eigenvalue weighted by atomic mass is 9.98. The fourth-order valence-electron chi connectivity index (χ4n) is 3.71. The zero-order chi connectivity index (χ0) is 20.4. The van der Waals surface area contributed by atoms with Crippen molar-refractivity contribution < 1.29 is 0 Å². The molecule has 0 saturated carbocycles. The van der Waals surface area contributed by atoms with Crippen LogP contribution in [0.25, 0.3) is 10.9 Å². The molecule has 0 spiro atoms. The van der Waals surface area contributed by atoms with E-state index in [0.29, 0.717) is 23.4 Å². The van der Waals surface area contributed by atoms with Crippen LogP contribution in [0.2, 0.25) is 0 Å². The van der Waals surface area contributed by atoms with Crippen molar-refractivity contribution in [1.29, 1.82) is 0 Å². The topological polar surface area (TPSA) is 64.2 Å². The van der Waals surface area contributed by atoms with Crippen LogP contribution < -0.4 is 16.2 Å². The number of aromatic nitrogens is 2. The van der Waals surface area contributed by atoms with Crippen LogP contribution in [0.1, 0.15) is 23.0 Å². The van der Waals surface area contributed by atoms with Crippen molar-refractivity contribution in [1.82, 2.24) is 9.55 Å². The molecular weight excluding hydrogens is 360 g/mol. The van der Waals surface area contributed by atoms with Gasteiger partial charge in [0.2, 0.25) is 0 Å². The van der Waals surface area contributed by atoms with Crippen LogP contribution in [-0.2, 0) is 0 Å². The lowest BCUT2D eigenvalue weighted by Gasteiger charge is -2.24. The van der Waals surface area contributed by atoms with E-state index in [0.717, 1.165) is 16.8 Å². The van der Waals surface area contributed by atoms with Gasteiger partial charge < -0.3 is 10.6 Å². The fraction of sp³-hybridized carbons (Fsp3) is 0.167. The Hall–Kier alpha value is -3.44. The highest BCUT2D eigenvalue weighted by atomic mass is 16.1. The van der Waals surface area contributed by atoms with Gasteiger partial charge in [0.25, 0.3) is 5.56 Å². The van der Waals surface area contributed by atoms with Gasteiger partial charge in [0.05, 0.1) is 23.6 Å². The summed E-state index contributed by atoms with van der Waals surface area (Å²) in [5.74, 6) is 0.681. The molecule has 1 aromatic heterocycles. The van der Waals surface area contributed by atoms with E-state index >= 15 is 0 Å². The summed E-state index contributed by atoms with van der Waals surface area (Å²) in [6, 6.07) is 25.6. The summed E-state index contributed by atoms with van der Waals surface area (Å²) in [6.45, 7) is 2.26. The number of fused-ring (bicyclic) bond motifs is 1. The highest BCUT2D eigenvalue weighted by Crippen LogP contribution is 2.27. The quantitative estimate of drug-likeness (QED) is 0.533. The van der Waals surface area contributed by atoms with Crippen molar-refractivity contribution in [2.45, 2.75) is 13.0 Å². The van der Waals surface area contributed by atoms with Gasteiger partial charge in [0, 0.05) is 12.7 Å². The Morgan fingerprint density at radius 1 is 0.966 bits per heavy atom. The van der Waals surface area contributed by atoms with Crippen molar-refractivity contribution in [2.75, 3.05) is 18.6 Å². The normalized spacial score (nSPS) is 11.2. The van der Waals surface area contributed by atoms with Gasteiger partial charge in [-0.2, -0.15) is 0 Å². The second kappa shape index (κ2) is 7.89. The number of anilines is 1. The summed E-state index contributed by atoms with van der Waals surface area (Å²) >= 11 is 0. The smallest absolute Gasteiger partial charge is 0.262 e. The molecule has 4 rings (SSSR count). The van der Waals surface area contributed by atoms with Crippen LogP contribution in [0.15, 0.2) is 83.7 Å². The first-order chi connectivity index (χ1) is 14.1. The van der Waals surface area contributed by atoms with Crippen LogP contribution in [0.4, 0.5) is 5.69 Å². The number of nitrogens with zero attached hydrogens (tertiary/aromatic N) is 3. The number of benzene rings is 3. The van der Waals surface area contributed by atoms with Gasteiger partial charge in [0.1, 0.15) is 5.82 Å². The Kier molecular flexibility index (Phi) is 5.14. The summed E-state index contributed by atoms with van der Waals surface area (Å²) in [5, 5.41) is 0.588. The van der Waals surface area contributed by atoms with Crippen LogP contribution in [0.3, 0.4) is 0 Å². The molecule has 0 radical (unpaired) electrons. The lowest BCUT2D eigenvalue weighted by molar-refractivity contribution is 0.620. The van der Waals surface area contributed by atoms with E-state index in [9.17, 15) is 4.79 Å². The highest BCUT2D eigenvalue weighted by Gasteiger charge is 2.21. The molecule has 0 bridgehead atoms. The van der Waals surface area contributed by atoms with Crippen LogP contribution in [0, 0.1) is 6.92 Å². The summed E-state index contributed by atoms with van der Waals surface area (Å²) in [5.41, 5.74) is 9.38. The monoisotopic (exact) mass is 384 g/mol. The third-order valence-corrected chi connectivity index (χ3v) is 5.26. The summed E-state index contributed by atoms with van der Waals surface area (Å²) in [6.07, 6.45) is 0. The fourth-order valence-corrected chi connectivity index (χ4v) is 3.71. The van der Waals surface area contributed by atoms with E-state index in [1.54, 1.807) is 4.57 Å². The van der Waals surface area contributed by atoms with E-state index in [1.165, 1.54) is 0 Å². The molecule has 2 N–H and O–H groups in total. The van der Waals surface area contributed by atoms with Gasteiger partial charge in [-0.05, 0) is 36.2 Å². The molecule has 1 heterocycles. The Balaban J connectivity index is 2.00. The Bertz CT molecular complexity index is 1150. The van der Waals surface area contributed by atoms with Gasteiger partial charge in [-0.25, -0.2) is 4.98 Å². The lowest BCUT2D eigenvalue weighted by Crippen LogP contribution is -2.30. The Labute approximate surface area is 170 Å². The first-order valence-corrected chi connectivity index (χ1v) is 9.64. The predicted octanol–water partition coefficient (Wildman–Crippen LogP) is 3.70. The van der Waals surface area contributed by atoms with Crippen molar-refractivity contribution in [3.05, 3.63) is 106 Å². The minimum absolute atomic E-state index is 0.0579. The maximum Gasteiger partial charge on any atom is 0.262 e. The zero-order valence-electron chi connectivity index (χ0n) is 16.6. The second-order valence-electron chi connectivity index (χ2n) is 7.14. The second-order valence-corrected chi connectivity index (χ2v) is 7.14. The number of aryl methyl sites for hydroxylation is 1. The molecule has 0 aliphatic carbocycles. The molecule has 3 aromatic carbocycles. The first kappa shape index (κ1) is 18.9. The molecule has 0 saturated heterocycles.